The van der Waals surface area contributed by atoms with Crippen LogP contribution in [-0.4, -0.2) is 23.4 Å². The van der Waals surface area contributed by atoms with E-state index < -0.39 is 17.5 Å². The fourth-order valence-corrected chi connectivity index (χ4v) is 1.36. The van der Waals surface area contributed by atoms with Gasteiger partial charge in [-0.25, -0.2) is 9.18 Å². The number of aliphatic hydroxyl groups excluding tert-OH is 1. The number of aliphatic hydroxyl groups is 1. The maximum absolute atomic E-state index is 13.6. The van der Waals surface area contributed by atoms with E-state index >= 15 is 0 Å². The van der Waals surface area contributed by atoms with Gasteiger partial charge in [-0.05, 0) is 44.9 Å². The predicted octanol–water partition coefficient (Wildman–Crippen LogP) is 2.71. The smallest absolute Gasteiger partial charge is 0.412 e. The highest BCUT2D eigenvalue weighted by Gasteiger charge is 2.17. The molecule has 0 aliphatic rings. The van der Waals surface area contributed by atoms with Crippen molar-refractivity contribution in [3.8, 4) is 0 Å². The van der Waals surface area contributed by atoms with E-state index in [9.17, 15) is 9.18 Å². The first-order valence-electron chi connectivity index (χ1n) is 5.71. The zero-order valence-electron chi connectivity index (χ0n) is 10.8. The Labute approximate surface area is 106 Å². The van der Waals surface area contributed by atoms with Crippen LogP contribution in [0.3, 0.4) is 0 Å². The number of nitrogens with one attached hydrogen (secondary N) is 1. The molecular weight excluding hydrogens is 237 g/mol. The van der Waals surface area contributed by atoms with Gasteiger partial charge in [0.15, 0.2) is 0 Å². The summed E-state index contributed by atoms with van der Waals surface area (Å²) in [5.74, 6) is -0.549. The van der Waals surface area contributed by atoms with Crippen molar-refractivity contribution >= 4 is 11.8 Å². The van der Waals surface area contributed by atoms with Crippen molar-refractivity contribution in [3.05, 3.63) is 29.6 Å². The third-order valence-electron chi connectivity index (χ3n) is 2.07. The molecule has 0 spiro atoms. The van der Waals surface area contributed by atoms with Gasteiger partial charge in [0.1, 0.15) is 11.4 Å². The average molecular weight is 255 g/mol. The van der Waals surface area contributed by atoms with Crippen molar-refractivity contribution in [2.75, 3.05) is 11.9 Å². The number of ether oxygens (including phenoxy) is 1. The number of carbonyl (C=O) groups excluding carboxylic acids is 1. The summed E-state index contributed by atoms with van der Waals surface area (Å²) in [6.07, 6.45) is -0.319. The van der Waals surface area contributed by atoms with Gasteiger partial charge in [0, 0.05) is 6.61 Å². The lowest BCUT2D eigenvalue weighted by Crippen LogP contribution is -2.27. The average Bonchev–Trinajstić information content (AvgIpc) is 2.20. The highest BCUT2D eigenvalue weighted by atomic mass is 19.1. The lowest BCUT2D eigenvalue weighted by Gasteiger charge is -2.19. The first-order valence-corrected chi connectivity index (χ1v) is 5.71. The van der Waals surface area contributed by atoms with E-state index in [2.05, 4.69) is 5.32 Å². The Morgan fingerprint density at radius 1 is 1.44 bits per heavy atom. The fraction of sp³-hybridized carbons (Fsp3) is 0.462. The van der Waals surface area contributed by atoms with E-state index in [1.807, 2.05) is 0 Å². The molecule has 0 atom stereocenters. The van der Waals surface area contributed by atoms with Crippen molar-refractivity contribution < 1.29 is 19.0 Å². The van der Waals surface area contributed by atoms with E-state index in [1.165, 1.54) is 12.1 Å². The van der Waals surface area contributed by atoms with Crippen molar-refractivity contribution in [2.24, 2.45) is 0 Å². The Balaban J connectivity index is 2.71. The molecule has 1 aromatic carbocycles. The number of amides is 1. The van der Waals surface area contributed by atoms with Gasteiger partial charge in [-0.15, -0.1) is 0 Å². The number of hydrogen-bond acceptors (Lipinski definition) is 3. The second-order valence-corrected chi connectivity index (χ2v) is 4.91. The summed E-state index contributed by atoms with van der Waals surface area (Å²) in [4.78, 5) is 11.5. The molecule has 0 saturated heterocycles. The summed E-state index contributed by atoms with van der Waals surface area (Å²) in [5, 5.41) is 11.1. The molecule has 0 aromatic heterocycles. The number of benzene rings is 1. The molecule has 1 rings (SSSR count). The summed E-state index contributed by atoms with van der Waals surface area (Å²) in [7, 11) is 0. The molecule has 100 valence electrons. The second kappa shape index (κ2) is 5.82. The van der Waals surface area contributed by atoms with E-state index in [4.69, 9.17) is 9.84 Å². The molecule has 1 aromatic rings. The van der Waals surface area contributed by atoms with Crippen molar-refractivity contribution in [2.45, 2.75) is 32.8 Å². The van der Waals surface area contributed by atoms with Crippen LogP contribution in [0, 0.1) is 5.82 Å². The van der Waals surface area contributed by atoms with Crippen molar-refractivity contribution in [3.63, 3.8) is 0 Å². The monoisotopic (exact) mass is 255 g/mol. The molecule has 0 saturated carbocycles. The summed E-state index contributed by atoms with van der Waals surface area (Å²) in [5.41, 5.74) is 0.105. The minimum Gasteiger partial charge on any atom is -0.444 e. The van der Waals surface area contributed by atoms with Crippen LogP contribution < -0.4 is 5.32 Å². The molecule has 0 radical (unpaired) electrons. The van der Waals surface area contributed by atoms with Gasteiger partial charge in [0.05, 0.1) is 5.69 Å². The SMILES string of the molecule is CC(C)(C)OC(=O)Nc1ccc(CCO)cc1F. The quantitative estimate of drug-likeness (QED) is 0.873. The van der Waals surface area contributed by atoms with E-state index in [-0.39, 0.29) is 12.3 Å². The minimum absolute atomic E-state index is 0.0434. The topological polar surface area (TPSA) is 58.6 Å². The number of rotatable bonds is 3. The van der Waals surface area contributed by atoms with E-state index in [1.54, 1.807) is 26.8 Å². The largest absolute Gasteiger partial charge is 0.444 e. The van der Waals surface area contributed by atoms with Crippen LogP contribution in [0.5, 0.6) is 0 Å². The van der Waals surface area contributed by atoms with Gasteiger partial charge < -0.3 is 9.84 Å². The molecule has 5 heteroatoms. The maximum atomic E-state index is 13.6. The van der Waals surface area contributed by atoms with Crippen LogP contribution in [0.15, 0.2) is 18.2 Å². The number of carbonyl (C=O) groups is 1. The molecule has 0 bridgehead atoms. The van der Waals surface area contributed by atoms with Crippen LogP contribution >= 0.6 is 0 Å². The molecule has 1 amide bonds. The first kappa shape index (κ1) is 14.4. The van der Waals surface area contributed by atoms with Crippen LogP contribution in [0.1, 0.15) is 26.3 Å². The van der Waals surface area contributed by atoms with Gasteiger partial charge in [0.2, 0.25) is 0 Å². The second-order valence-electron chi connectivity index (χ2n) is 4.91. The highest BCUT2D eigenvalue weighted by molar-refractivity contribution is 5.85. The molecule has 18 heavy (non-hydrogen) atoms. The van der Waals surface area contributed by atoms with Crippen LogP contribution in [-0.2, 0) is 11.2 Å². The number of hydrogen-bond donors (Lipinski definition) is 2. The molecule has 2 N–H and O–H groups in total. The fourth-order valence-electron chi connectivity index (χ4n) is 1.36. The molecule has 0 aliphatic heterocycles. The Morgan fingerprint density at radius 2 is 2.11 bits per heavy atom. The first-order chi connectivity index (χ1) is 8.31. The predicted molar refractivity (Wildman–Crippen MR) is 67.0 cm³/mol. The van der Waals surface area contributed by atoms with Crippen LogP contribution in [0.2, 0.25) is 0 Å². The lowest BCUT2D eigenvalue weighted by atomic mass is 10.1. The van der Waals surface area contributed by atoms with E-state index in [0.29, 0.717) is 12.0 Å². The third-order valence-corrected chi connectivity index (χ3v) is 2.07. The van der Waals surface area contributed by atoms with Gasteiger partial charge >= 0.3 is 6.09 Å². The van der Waals surface area contributed by atoms with Crippen LogP contribution in [0.4, 0.5) is 14.9 Å². The minimum atomic E-state index is -0.698. The summed E-state index contributed by atoms with van der Waals surface area (Å²) < 4.78 is 18.6. The zero-order chi connectivity index (χ0) is 13.8. The normalized spacial score (nSPS) is 11.2. The van der Waals surface area contributed by atoms with Gasteiger partial charge in [-0.1, -0.05) is 6.07 Å². The molecule has 4 nitrogen and oxygen atoms in total. The molecule has 0 fully saturated rings. The Morgan fingerprint density at radius 3 is 2.61 bits per heavy atom. The number of anilines is 1. The molecular formula is C13H18FNO3. The van der Waals surface area contributed by atoms with Gasteiger partial charge in [-0.3, -0.25) is 5.32 Å². The summed E-state index contributed by atoms with van der Waals surface area (Å²) in [6.45, 7) is 5.14. The Kier molecular flexibility index (Phi) is 4.67. The van der Waals surface area contributed by atoms with Gasteiger partial charge in [-0.2, -0.15) is 0 Å². The van der Waals surface area contributed by atoms with Crippen LogP contribution in [0.25, 0.3) is 0 Å². The van der Waals surface area contributed by atoms with Crippen molar-refractivity contribution in [1.82, 2.24) is 0 Å². The standard InChI is InChI=1S/C13H18FNO3/c1-13(2,3)18-12(17)15-11-5-4-9(6-7-16)8-10(11)14/h4-5,8,16H,6-7H2,1-3H3,(H,15,17). The third kappa shape index (κ3) is 4.71. The Bertz CT molecular complexity index is 427. The summed E-state index contributed by atoms with van der Waals surface area (Å²) in [6, 6.07) is 4.37. The van der Waals surface area contributed by atoms with E-state index in [0.717, 1.165) is 0 Å². The molecule has 0 unspecified atom stereocenters. The zero-order valence-corrected chi connectivity index (χ0v) is 10.8. The number of halogens is 1. The maximum Gasteiger partial charge on any atom is 0.412 e. The van der Waals surface area contributed by atoms with Gasteiger partial charge in [0.25, 0.3) is 0 Å². The Hall–Kier alpha value is -1.62. The lowest BCUT2D eigenvalue weighted by molar-refractivity contribution is 0.0635. The highest BCUT2D eigenvalue weighted by Crippen LogP contribution is 2.17. The van der Waals surface area contributed by atoms with Crippen molar-refractivity contribution in [1.29, 1.82) is 0 Å². The molecule has 0 heterocycles. The molecule has 0 aliphatic carbocycles. The summed E-state index contributed by atoms with van der Waals surface area (Å²) >= 11 is 0.